The zero-order valence-corrected chi connectivity index (χ0v) is 20.4. The van der Waals surface area contributed by atoms with Gasteiger partial charge < -0.3 is 15.1 Å². The van der Waals surface area contributed by atoms with E-state index in [1.54, 1.807) is 12.4 Å². The number of likely N-dealkylation sites (tertiary alicyclic amines) is 1. The summed E-state index contributed by atoms with van der Waals surface area (Å²) in [6, 6.07) is 12.2. The Labute approximate surface area is 218 Å². The summed E-state index contributed by atoms with van der Waals surface area (Å²) in [6.07, 6.45) is -2.01. The lowest BCUT2D eigenvalue weighted by Crippen LogP contribution is -2.48. The molecular weight excluding hydrogens is 536 g/mol. The van der Waals surface area contributed by atoms with Gasteiger partial charge in [0.25, 0.3) is 0 Å². The predicted molar refractivity (Wildman–Crippen MR) is 125 cm³/mol. The van der Waals surface area contributed by atoms with Crippen molar-refractivity contribution >= 4 is 29.2 Å². The van der Waals surface area contributed by atoms with Crippen LogP contribution in [0.5, 0.6) is 0 Å². The first-order valence-electron chi connectivity index (χ1n) is 11.8. The maximum absolute atomic E-state index is 13.6. The van der Waals surface area contributed by atoms with Crippen LogP contribution in [0.25, 0.3) is 0 Å². The van der Waals surface area contributed by atoms with Crippen molar-refractivity contribution in [2.75, 3.05) is 24.5 Å². The Kier molecular flexibility index (Phi) is 8.88. The number of anilines is 2. The van der Waals surface area contributed by atoms with E-state index in [-0.39, 0.29) is 11.3 Å². The largest absolute Gasteiger partial charge is 0.490 e. The van der Waals surface area contributed by atoms with Gasteiger partial charge in [-0.05, 0) is 68.5 Å². The number of pyridine rings is 1. The van der Waals surface area contributed by atoms with Crippen LogP contribution in [-0.2, 0) is 19.8 Å². The highest BCUT2D eigenvalue weighted by atomic mass is 19.4. The van der Waals surface area contributed by atoms with Crippen LogP contribution in [0.3, 0.4) is 0 Å². The molecule has 2 fully saturated rings. The number of carboxylic acid groups (broad SMARTS) is 2. The first-order valence-corrected chi connectivity index (χ1v) is 11.8. The van der Waals surface area contributed by atoms with Crippen molar-refractivity contribution < 1.29 is 50.9 Å². The van der Waals surface area contributed by atoms with Crippen LogP contribution in [0.2, 0.25) is 0 Å². The molecule has 1 amide bonds. The van der Waals surface area contributed by atoms with Gasteiger partial charge in [0.2, 0.25) is 5.91 Å². The molecule has 1 saturated heterocycles. The molecule has 0 bridgehead atoms. The van der Waals surface area contributed by atoms with E-state index in [0.717, 1.165) is 43.2 Å². The third-order valence-corrected chi connectivity index (χ3v) is 6.59. The Morgan fingerprint density at radius 1 is 0.923 bits per heavy atom. The van der Waals surface area contributed by atoms with Gasteiger partial charge in [-0.3, -0.25) is 14.7 Å². The lowest BCUT2D eigenvalue weighted by Gasteiger charge is -2.38. The molecule has 14 heteroatoms. The highest BCUT2D eigenvalue weighted by molar-refractivity contribution is 6.13. The molecule has 2 aliphatic heterocycles. The number of halogens is 6. The highest BCUT2D eigenvalue weighted by Crippen LogP contribution is 2.50. The van der Waals surface area contributed by atoms with Crippen LogP contribution in [0, 0.1) is 5.92 Å². The van der Waals surface area contributed by atoms with Crippen molar-refractivity contribution in [3.8, 4) is 0 Å². The van der Waals surface area contributed by atoms with E-state index in [4.69, 9.17) is 19.8 Å². The second-order valence-electron chi connectivity index (χ2n) is 9.30. The number of piperidine rings is 1. The average Bonchev–Trinajstić information content (AvgIpc) is 3.66. The number of nitrogens with zero attached hydrogens (tertiary/aromatic N) is 3. The second kappa shape index (κ2) is 11.6. The fourth-order valence-electron chi connectivity index (χ4n) is 4.52. The maximum Gasteiger partial charge on any atom is 0.490 e. The monoisotopic (exact) mass is 561 g/mol. The van der Waals surface area contributed by atoms with E-state index in [1.807, 2.05) is 23.1 Å². The highest BCUT2D eigenvalue weighted by Gasteiger charge is 2.52. The topological polar surface area (TPSA) is 111 Å². The molecule has 0 radical (unpaired) electrons. The Morgan fingerprint density at radius 2 is 1.46 bits per heavy atom. The number of hydrogen-bond acceptors (Lipinski definition) is 5. The molecular formula is C25H25F6N3O5. The van der Waals surface area contributed by atoms with Crippen molar-refractivity contribution in [3.05, 3.63) is 54.4 Å². The lowest BCUT2D eigenvalue weighted by atomic mass is 9.73. The summed E-state index contributed by atoms with van der Waals surface area (Å²) < 4.78 is 63.5. The number of aromatic nitrogens is 1. The zero-order chi connectivity index (χ0) is 29.0. The van der Waals surface area contributed by atoms with Crippen LogP contribution in [0.1, 0.15) is 31.2 Å². The number of hydrogen-bond donors (Lipinski definition) is 2. The summed E-state index contributed by atoms with van der Waals surface area (Å²) in [5.74, 6) is -4.37. The van der Waals surface area contributed by atoms with Crippen molar-refractivity contribution in [2.24, 2.45) is 5.92 Å². The first-order chi connectivity index (χ1) is 18.2. The van der Waals surface area contributed by atoms with Crippen molar-refractivity contribution in [1.29, 1.82) is 0 Å². The SMILES string of the molecule is O=C(O)C(F)(F)F.O=C(O)C(F)(F)F.O=C1N(c2cccnc2)c2ccccc2C12CCN(CC1CC1)CC2. The molecule has 5 rings (SSSR count). The van der Waals surface area contributed by atoms with Crippen molar-refractivity contribution in [3.63, 3.8) is 0 Å². The van der Waals surface area contributed by atoms with Gasteiger partial charge in [0.05, 0.1) is 23.0 Å². The predicted octanol–water partition coefficient (Wildman–Crippen LogP) is 4.77. The molecule has 2 N–H and O–H groups in total. The molecule has 2 aromatic rings. The molecule has 0 atom stereocenters. The molecule has 1 aliphatic carbocycles. The van der Waals surface area contributed by atoms with E-state index >= 15 is 0 Å². The second-order valence-corrected chi connectivity index (χ2v) is 9.30. The normalized spacial score (nSPS) is 18.4. The van der Waals surface area contributed by atoms with E-state index in [9.17, 15) is 31.1 Å². The van der Waals surface area contributed by atoms with Crippen molar-refractivity contribution in [2.45, 2.75) is 43.5 Å². The molecule has 0 unspecified atom stereocenters. The van der Waals surface area contributed by atoms with Gasteiger partial charge in [-0.1, -0.05) is 18.2 Å². The summed E-state index contributed by atoms with van der Waals surface area (Å²) in [5, 5.41) is 14.2. The maximum atomic E-state index is 13.6. The molecule has 3 heterocycles. The average molecular weight is 561 g/mol. The Hall–Kier alpha value is -3.68. The van der Waals surface area contributed by atoms with Crippen LogP contribution in [-0.4, -0.2) is 69.9 Å². The summed E-state index contributed by atoms with van der Waals surface area (Å²) in [7, 11) is 0. The number of rotatable bonds is 3. The number of aliphatic carboxylic acids is 2. The van der Waals surface area contributed by atoms with Gasteiger partial charge in [-0.2, -0.15) is 26.3 Å². The summed E-state index contributed by atoms with van der Waals surface area (Å²) in [6.45, 7) is 3.27. The number of benzene rings is 1. The number of carboxylic acids is 2. The number of carbonyl (C=O) groups is 3. The standard InChI is InChI=1S/C21H23N3O.2C2HF3O2/c25-20-21(9-12-23(13-10-21)15-16-7-8-16)18-5-1-2-6-19(18)24(20)17-4-3-11-22-14-17;2*3-2(4,5)1(6)7/h1-6,11,14,16H,7-10,12-13,15H2;2*(H,6,7). The minimum Gasteiger partial charge on any atom is -0.475 e. The zero-order valence-electron chi connectivity index (χ0n) is 20.4. The van der Waals surface area contributed by atoms with E-state index in [0.29, 0.717) is 0 Å². The van der Waals surface area contributed by atoms with E-state index in [2.05, 4.69) is 28.1 Å². The summed E-state index contributed by atoms with van der Waals surface area (Å²) >= 11 is 0. The summed E-state index contributed by atoms with van der Waals surface area (Å²) in [5.41, 5.74) is 2.76. The molecule has 1 spiro atoms. The van der Waals surface area contributed by atoms with Crippen LogP contribution >= 0.6 is 0 Å². The lowest BCUT2D eigenvalue weighted by molar-refractivity contribution is -0.193. The van der Waals surface area contributed by atoms with E-state index < -0.39 is 24.3 Å². The van der Waals surface area contributed by atoms with Crippen LogP contribution < -0.4 is 4.90 Å². The van der Waals surface area contributed by atoms with Gasteiger partial charge in [-0.25, -0.2) is 9.59 Å². The van der Waals surface area contributed by atoms with Crippen LogP contribution in [0.15, 0.2) is 48.8 Å². The Morgan fingerprint density at radius 3 is 1.92 bits per heavy atom. The quantitative estimate of drug-likeness (QED) is 0.520. The Bertz CT molecular complexity index is 1150. The Balaban J connectivity index is 0.000000251. The number of fused-ring (bicyclic) bond motifs is 2. The fraction of sp³-hybridized carbons (Fsp3) is 0.440. The minimum atomic E-state index is -5.08. The van der Waals surface area contributed by atoms with Gasteiger partial charge >= 0.3 is 24.3 Å². The van der Waals surface area contributed by atoms with Crippen molar-refractivity contribution in [1.82, 2.24) is 9.88 Å². The van der Waals surface area contributed by atoms with Gasteiger partial charge in [0.15, 0.2) is 0 Å². The van der Waals surface area contributed by atoms with Gasteiger partial charge in [-0.15, -0.1) is 0 Å². The summed E-state index contributed by atoms with van der Waals surface area (Å²) in [4.78, 5) is 40.0. The fourth-order valence-corrected chi connectivity index (χ4v) is 4.52. The minimum absolute atomic E-state index is 0.229. The molecule has 212 valence electrons. The number of amides is 1. The van der Waals surface area contributed by atoms with Crippen LogP contribution in [0.4, 0.5) is 37.7 Å². The third kappa shape index (κ3) is 7.25. The van der Waals surface area contributed by atoms with Gasteiger partial charge in [0.1, 0.15) is 0 Å². The molecule has 3 aliphatic rings. The molecule has 1 aromatic carbocycles. The third-order valence-electron chi connectivity index (χ3n) is 6.59. The van der Waals surface area contributed by atoms with E-state index in [1.165, 1.54) is 24.9 Å². The van der Waals surface area contributed by atoms with Gasteiger partial charge in [0, 0.05) is 12.7 Å². The number of alkyl halides is 6. The molecule has 39 heavy (non-hydrogen) atoms. The smallest absolute Gasteiger partial charge is 0.475 e. The first kappa shape index (κ1) is 29.9. The molecule has 1 aromatic heterocycles. The number of para-hydroxylation sites is 1. The molecule has 1 saturated carbocycles. The number of carbonyl (C=O) groups excluding carboxylic acids is 1. The molecule has 8 nitrogen and oxygen atoms in total.